The van der Waals surface area contributed by atoms with Gasteiger partial charge < -0.3 is 0 Å². The molecule has 0 aliphatic rings. The fourth-order valence-electron chi connectivity index (χ4n) is 1.65. The molecule has 0 unspecified atom stereocenters. The smallest absolute Gasteiger partial charge is 0.101 e. The third kappa shape index (κ3) is 2.15. The fourth-order valence-corrected chi connectivity index (χ4v) is 1.65. The molecule has 1 aromatic rings. The number of aromatic nitrogens is 2. The minimum Gasteiger partial charge on any atom is -0.192 e. The highest BCUT2D eigenvalue weighted by Gasteiger charge is 2.16. The van der Waals surface area contributed by atoms with Crippen LogP contribution in [-0.4, -0.2) is 10.2 Å². The Morgan fingerprint density at radius 1 is 1.00 bits per heavy atom. The van der Waals surface area contributed by atoms with Crippen molar-refractivity contribution in [3.05, 3.63) is 22.5 Å². The maximum absolute atomic E-state index is 9.14. The lowest BCUT2D eigenvalue weighted by Gasteiger charge is -2.13. The highest BCUT2D eigenvalue weighted by Crippen LogP contribution is 2.24. The summed E-state index contributed by atoms with van der Waals surface area (Å²) in [4.78, 5) is 0. The molecule has 0 aliphatic heterocycles. The van der Waals surface area contributed by atoms with E-state index in [1.165, 1.54) is 0 Å². The van der Waals surface area contributed by atoms with Crippen LogP contribution in [0.15, 0.2) is 0 Å². The second-order valence-electron chi connectivity index (χ2n) is 4.39. The number of rotatable bonds is 2. The van der Waals surface area contributed by atoms with Crippen LogP contribution in [0, 0.1) is 18.3 Å². The number of nitrogens with zero attached hydrogens (tertiary/aromatic N) is 3. The van der Waals surface area contributed by atoms with Crippen LogP contribution in [0.2, 0.25) is 0 Å². The Hall–Kier alpha value is -1.43. The predicted octanol–water partition coefficient (Wildman–Crippen LogP) is 2.90. The van der Waals surface area contributed by atoms with Crippen LogP contribution < -0.4 is 0 Å². The summed E-state index contributed by atoms with van der Waals surface area (Å²) in [6, 6.07) is 2.24. The molecule has 1 aromatic heterocycles. The summed E-state index contributed by atoms with van der Waals surface area (Å²) in [5.74, 6) is 0.554. The molecule has 0 aromatic carbocycles. The van der Waals surface area contributed by atoms with Gasteiger partial charge in [-0.05, 0) is 24.3 Å². The molecule has 3 nitrogen and oxygen atoms in total. The molecule has 0 radical (unpaired) electrons. The van der Waals surface area contributed by atoms with Gasteiger partial charge in [0.15, 0.2) is 0 Å². The van der Waals surface area contributed by atoms with Gasteiger partial charge in [-0.1, -0.05) is 27.7 Å². The Morgan fingerprint density at radius 2 is 1.47 bits per heavy atom. The summed E-state index contributed by atoms with van der Waals surface area (Å²) >= 11 is 0. The maximum Gasteiger partial charge on any atom is 0.101 e. The van der Waals surface area contributed by atoms with Gasteiger partial charge in [0.2, 0.25) is 0 Å². The first-order valence-corrected chi connectivity index (χ1v) is 5.26. The van der Waals surface area contributed by atoms with E-state index >= 15 is 0 Å². The second kappa shape index (κ2) is 4.39. The van der Waals surface area contributed by atoms with Crippen LogP contribution in [0.5, 0.6) is 0 Å². The molecule has 0 atom stereocenters. The van der Waals surface area contributed by atoms with Crippen molar-refractivity contribution in [1.29, 1.82) is 5.26 Å². The Kier molecular flexibility index (Phi) is 3.41. The van der Waals surface area contributed by atoms with Crippen LogP contribution in [0.4, 0.5) is 0 Å². The van der Waals surface area contributed by atoms with Crippen molar-refractivity contribution in [2.75, 3.05) is 0 Å². The van der Waals surface area contributed by atoms with Crippen molar-refractivity contribution in [3.8, 4) is 6.07 Å². The summed E-state index contributed by atoms with van der Waals surface area (Å²) in [7, 11) is 0. The van der Waals surface area contributed by atoms with Gasteiger partial charge in [0, 0.05) is 0 Å². The molecular weight excluding hydrogens is 186 g/mol. The quantitative estimate of drug-likeness (QED) is 0.742. The lowest BCUT2D eigenvalue weighted by Crippen LogP contribution is -2.08. The minimum absolute atomic E-state index is 0.243. The first kappa shape index (κ1) is 11.6. The zero-order valence-corrected chi connectivity index (χ0v) is 10.00. The fraction of sp³-hybridized carbons (Fsp3) is 0.583. The molecule has 0 saturated carbocycles. The molecule has 0 bridgehead atoms. The minimum atomic E-state index is 0.243. The van der Waals surface area contributed by atoms with Gasteiger partial charge in [0.05, 0.1) is 17.0 Å². The molecule has 0 fully saturated rings. The lowest BCUT2D eigenvalue weighted by molar-refractivity contribution is 0.720. The molecule has 0 spiro atoms. The maximum atomic E-state index is 9.14. The van der Waals surface area contributed by atoms with Crippen molar-refractivity contribution in [2.24, 2.45) is 0 Å². The van der Waals surface area contributed by atoms with E-state index < -0.39 is 0 Å². The van der Waals surface area contributed by atoms with E-state index in [0.29, 0.717) is 11.5 Å². The molecule has 0 amide bonds. The first-order chi connectivity index (χ1) is 6.99. The van der Waals surface area contributed by atoms with E-state index in [-0.39, 0.29) is 5.92 Å². The Bertz CT molecular complexity index is 400. The van der Waals surface area contributed by atoms with Crippen LogP contribution in [0.3, 0.4) is 0 Å². The van der Waals surface area contributed by atoms with Crippen molar-refractivity contribution in [3.63, 3.8) is 0 Å². The van der Waals surface area contributed by atoms with Gasteiger partial charge in [0.1, 0.15) is 6.07 Å². The predicted molar refractivity (Wildman–Crippen MR) is 59.7 cm³/mol. The highest BCUT2D eigenvalue weighted by molar-refractivity contribution is 5.43. The molecule has 0 N–H and O–H groups in total. The van der Waals surface area contributed by atoms with Gasteiger partial charge >= 0.3 is 0 Å². The summed E-state index contributed by atoms with van der Waals surface area (Å²) in [6.07, 6.45) is 0. The largest absolute Gasteiger partial charge is 0.192 e. The van der Waals surface area contributed by atoms with Crippen molar-refractivity contribution < 1.29 is 0 Å². The number of nitriles is 1. The second-order valence-corrected chi connectivity index (χ2v) is 4.39. The van der Waals surface area contributed by atoms with Gasteiger partial charge in [0.25, 0.3) is 0 Å². The van der Waals surface area contributed by atoms with Crippen molar-refractivity contribution >= 4 is 0 Å². The molecule has 15 heavy (non-hydrogen) atoms. The Balaban J connectivity index is 3.41. The van der Waals surface area contributed by atoms with Gasteiger partial charge in [-0.3, -0.25) is 0 Å². The average molecular weight is 203 g/mol. The monoisotopic (exact) mass is 203 g/mol. The summed E-state index contributed by atoms with van der Waals surface area (Å²) in [6.45, 7) is 10.1. The lowest BCUT2D eigenvalue weighted by atomic mass is 9.96. The van der Waals surface area contributed by atoms with Gasteiger partial charge in [-0.15, -0.1) is 0 Å². The third-order valence-corrected chi connectivity index (χ3v) is 2.49. The van der Waals surface area contributed by atoms with Gasteiger partial charge in [-0.2, -0.15) is 15.5 Å². The normalized spacial score (nSPS) is 10.8. The van der Waals surface area contributed by atoms with E-state index in [0.717, 1.165) is 17.0 Å². The van der Waals surface area contributed by atoms with Crippen molar-refractivity contribution in [2.45, 2.75) is 46.5 Å². The van der Waals surface area contributed by atoms with E-state index in [4.69, 9.17) is 5.26 Å². The SMILES string of the molecule is Cc1c(C(C)C)nnc(C(C)C)c1C#N. The van der Waals surface area contributed by atoms with E-state index in [2.05, 4.69) is 30.1 Å². The topological polar surface area (TPSA) is 49.6 Å². The Morgan fingerprint density at radius 3 is 1.87 bits per heavy atom. The molecule has 80 valence electrons. The van der Waals surface area contributed by atoms with E-state index in [1.807, 2.05) is 20.8 Å². The van der Waals surface area contributed by atoms with Crippen LogP contribution in [-0.2, 0) is 0 Å². The van der Waals surface area contributed by atoms with Crippen LogP contribution >= 0.6 is 0 Å². The standard InChI is InChI=1S/C12H17N3/c1-7(2)11-9(5)10(6-13)12(8(3)4)15-14-11/h7-8H,1-5H3. The highest BCUT2D eigenvalue weighted by atomic mass is 15.1. The third-order valence-electron chi connectivity index (χ3n) is 2.49. The summed E-state index contributed by atoms with van der Waals surface area (Å²) < 4.78 is 0. The zero-order chi connectivity index (χ0) is 11.6. The Labute approximate surface area is 91.2 Å². The average Bonchev–Trinajstić information content (AvgIpc) is 2.16. The molecule has 1 rings (SSSR count). The van der Waals surface area contributed by atoms with Crippen LogP contribution in [0.25, 0.3) is 0 Å². The number of hydrogen-bond acceptors (Lipinski definition) is 3. The summed E-state index contributed by atoms with van der Waals surface area (Å²) in [5.41, 5.74) is 3.41. The molecular formula is C12H17N3. The molecule has 3 heteroatoms. The number of hydrogen-bond donors (Lipinski definition) is 0. The summed E-state index contributed by atoms with van der Waals surface area (Å²) in [5, 5.41) is 17.5. The van der Waals surface area contributed by atoms with E-state index in [1.54, 1.807) is 0 Å². The van der Waals surface area contributed by atoms with Gasteiger partial charge in [-0.25, -0.2) is 0 Å². The first-order valence-electron chi connectivity index (χ1n) is 5.26. The van der Waals surface area contributed by atoms with Crippen molar-refractivity contribution in [1.82, 2.24) is 10.2 Å². The van der Waals surface area contributed by atoms with Crippen LogP contribution in [0.1, 0.15) is 62.0 Å². The molecule has 0 aliphatic carbocycles. The molecule has 0 saturated heterocycles. The molecule has 1 heterocycles. The van der Waals surface area contributed by atoms with E-state index in [9.17, 15) is 0 Å². The zero-order valence-electron chi connectivity index (χ0n) is 10.00.